The molecule has 3 aliphatic heterocycles. The number of piperazine rings is 1. The number of amides is 1. The van der Waals surface area contributed by atoms with Crippen molar-refractivity contribution in [3.8, 4) is 0 Å². The molecule has 148 valence electrons. The lowest BCUT2D eigenvalue weighted by molar-refractivity contribution is -0.135. The fraction of sp³-hybridized carbons (Fsp3) is 0.304. The molecule has 29 heavy (non-hydrogen) atoms. The van der Waals surface area contributed by atoms with Crippen molar-refractivity contribution < 1.29 is 19.1 Å². The van der Waals surface area contributed by atoms with E-state index >= 15 is 0 Å². The number of Topliss-reactive ketones (excluding diaryl/α,β-unsaturated/α-hetero) is 1. The zero-order valence-electron chi connectivity index (χ0n) is 15.8. The maximum atomic E-state index is 15.0. The third-order valence-corrected chi connectivity index (χ3v) is 6.35. The Morgan fingerprint density at radius 2 is 1.72 bits per heavy atom. The summed E-state index contributed by atoms with van der Waals surface area (Å²) in [6.45, 7) is 0.525. The Balaban J connectivity index is 1.72. The van der Waals surface area contributed by atoms with Gasteiger partial charge in [-0.05, 0) is 30.0 Å². The third kappa shape index (κ3) is 2.66. The molecule has 2 aromatic carbocycles. The fourth-order valence-corrected chi connectivity index (χ4v) is 5.15. The van der Waals surface area contributed by atoms with Crippen LogP contribution in [-0.4, -0.2) is 51.8 Å². The van der Waals surface area contributed by atoms with Crippen molar-refractivity contribution in [3.63, 3.8) is 0 Å². The summed E-state index contributed by atoms with van der Waals surface area (Å²) in [4.78, 5) is 28.8. The summed E-state index contributed by atoms with van der Waals surface area (Å²) < 4.78 is 15.0. The number of hydrogen-bond acceptors (Lipinski definition) is 4. The van der Waals surface area contributed by atoms with E-state index in [2.05, 4.69) is 0 Å². The van der Waals surface area contributed by atoms with E-state index in [-0.39, 0.29) is 42.0 Å². The molecule has 1 N–H and O–H groups in total. The number of hydrogen-bond donors (Lipinski definition) is 1. The van der Waals surface area contributed by atoms with E-state index in [1.165, 1.54) is 6.07 Å². The molecule has 0 radical (unpaired) electrons. The molecule has 3 aliphatic rings. The molecule has 6 heteroatoms. The molecular formula is C23H21FN2O3. The minimum absolute atomic E-state index is 0.0559. The largest absolute Gasteiger partial charge is 0.503 e. The standard InChI is InChI=1S/C23H21FN2O3/c24-16-10-5-4-9-15(16)19(14-7-2-1-3-8-14)20-17-11-6-12-25(17)23(29)21-22(28)18(27)13-26(20)21/h1-5,7-10,17,19-20,28H,6,11-13H2/t17-,19-,20-/m1/s1. The highest BCUT2D eigenvalue weighted by atomic mass is 19.1. The molecule has 0 unspecified atom stereocenters. The van der Waals surface area contributed by atoms with Crippen molar-refractivity contribution >= 4 is 11.7 Å². The molecule has 2 fully saturated rings. The predicted octanol–water partition coefficient (Wildman–Crippen LogP) is 2.99. The predicted molar refractivity (Wildman–Crippen MR) is 105 cm³/mol. The van der Waals surface area contributed by atoms with Gasteiger partial charge < -0.3 is 14.9 Å². The Kier molecular flexibility index (Phi) is 4.15. The second kappa shape index (κ2) is 6.72. The van der Waals surface area contributed by atoms with Gasteiger partial charge in [0, 0.05) is 12.5 Å². The number of fused-ring (bicyclic) bond motifs is 2. The molecule has 2 saturated heterocycles. The van der Waals surface area contributed by atoms with Crippen molar-refractivity contribution in [2.75, 3.05) is 13.1 Å². The zero-order valence-corrected chi connectivity index (χ0v) is 15.8. The zero-order chi connectivity index (χ0) is 20.1. The Morgan fingerprint density at radius 1 is 1.00 bits per heavy atom. The summed E-state index contributed by atoms with van der Waals surface area (Å²) in [7, 11) is 0. The summed E-state index contributed by atoms with van der Waals surface area (Å²) in [6.07, 6.45) is 1.63. The van der Waals surface area contributed by atoms with Crippen LogP contribution in [0.2, 0.25) is 0 Å². The lowest BCUT2D eigenvalue weighted by atomic mass is 9.78. The highest BCUT2D eigenvalue weighted by Gasteiger charge is 2.53. The van der Waals surface area contributed by atoms with Gasteiger partial charge in [-0.3, -0.25) is 9.59 Å². The van der Waals surface area contributed by atoms with Crippen molar-refractivity contribution in [2.24, 2.45) is 0 Å². The maximum absolute atomic E-state index is 15.0. The minimum atomic E-state index is -0.467. The van der Waals surface area contributed by atoms with Gasteiger partial charge in [0.15, 0.2) is 5.76 Å². The van der Waals surface area contributed by atoms with Crippen molar-refractivity contribution in [2.45, 2.75) is 30.8 Å². The summed E-state index contributed by atoms with van der Waals surface area (Å²) in [5, 5.41) is 10.3. The lowest BCUT2D eigenvalue weighted by Crippen LogP contribution is -2.59. The Morgan fingerprint density at radius 3 is 2.48 bits per heavy atom. The molecule has 0 spiro atoms. The number of carbonyl (C=O) groups is 2. The molecule has 5 rings (SSSR count). The van der Waals surface area contributed by atoms with E-state index in [1.54, 1.807) is 28.0 Å². The first-order valence-corrected chi connectivity index (χ1v) is 9.91. The third-order valence-electron chi connectivity index (χ3n) is 6.35. The summed E-state index contributed by atoms with van der Waals surface area (Å²) in [6, 6.07) is 15.8. The van der Waals surface area contributed by atoms with E-state index in [4.69, 9.17) is 0 Å². The normalized spacial score (nSPS) is 24.7. The number of aliphatic hydroxyl groups excluding tert-OH is 1. The van der Waals surface area contributed by atoms with E-state index in [9.17, 15) is 19.1 Å². The Hall–Kier alpha value is -3.15. The average molecular weight is 392 g/mol. The first-order valence-electron chi connectivity index (χ1n) is 9.91. The van der Waals surface area contributed by atoms with Gasteiger partial charge in [0.25, 0.3) is 5.91 Å². The Labute approximate surface area is 168 Å². The van der Waals surface area contributed by atoms with Gasteiger partial charge in [-0.15, -0.1) is 0 Å². The lowest BCUT2D eigenvalue weighted by Gasteiger charge is -2.47. The van der Waals surface area contributed by atoms with E-state index < -0.39 is 11.5 Å². The molecule has 1 amide bonds. The van der Waals surface area contributed by atoms with Crippen LogP contribution >= 0.6 is 0 Å². The maximum Gasteiger partial charge on any atom is 0.274 e. The number of aliphatic hydroxyl groups is 1. The van der Waals surface area contributed by atoms with Crippen LogP contribution in [-0.2, 0) is 9.59 Å². The van der Waals surface area contributed by atoms with Gasteiger partial charge in [0.05, 0.1) is 18.6 Å². The van der Waals surface area contributed by atoms with Crippen LogP contribution in [0.25, 0.3) is 0 Å². The van der Waals surface area contributed by atoms with Gasteiger partial charge >= 0.3 is 0 Å². The molecule has 0 aliphatic carbocycles. The van der Waals surface area contributed by atoms with E-state index in [0.29, 0.717) is 12.1 Å². The van der Waals surface area contributed by atoms with Crippen LogP contribution in [0, 0.1) is 5.82 Å². The summed E-state index contributed by atoms with van der Waals surface area (Å²) in [5.41, 5.74) is 1.51. The van der Waals surface area contributed by atoms with E-state index in [0.717, 1.165) is 18.4 Å². The fourth-order valence-electron chi connectivity index (χ4n) is 5.15. The highest BCUT2D eigenvalue weighted by molar-refractivity contribution is 6.08. The number of rotatable bonds is 3. The summed E-state index contributed by atoms with van der Waals surface area (Å²) in [5.74, 6) is -1.93. The number of ketones is 1. The first kappa shape index (κ1) is 17.9. The molecule has 3 atom stereocenters. The quantitative estimate of drug-likeness (QED) is 0.873. The number of benzene rings is 2. The van der Waals surface area contributed by atoms with Crippen molar-refractivity contribution in [3.05, 3.63) is 83.0 Å². The van der Waals surface area contributed by atoms with Gasteiger partial charge in [0.2, 0.25) is 5.78 Å². The van der Waals surface area contributed by atoms with Crippen LogP contribution in [0.4, 0.5) is 4.39 Å². The van der Waals surface area contributed by atoms with Crippen LogP contribution in [0.3, 0.4) is 0 Å². The monoisotopic (exact) mass is 392 g/mol. The molecule has 0 aromatic heterocycles. The SMILES string of the molecule is O=C1CN2C(=C1O)C(=O)N1CCC[C@@H]1[C@@H]2[C@H](c1ccccc1)c1ccccc1F. The topological polar surface area (TPSA) is 60.9 Å². The number of halogens is 1. The van der Waals surface area contributed by atoms with Crippen molar-refractivity contribution in [1.82, 2.24) is 9.80 Å². The smallest absolute Gasteiger partial charge is 0.274 e. The van der Waals surface area contributed by atoms with E-state index in [1.807, 2.05) is 30.3 Å². The van der Waals surface area contributed by atoms with Gasteiger partial charge in [-0.1, -0.05) is 48.5 Å². The molecule has 0 bridgehead atoms. The summed E-state index contributed by atoms with van der Waals surface area (Å²) >= 11 is 0. The second-order valence-electron chi connectivity index (χ2n) is 7.86. The number of nitrogens with zero attached hydrogens (tertiary/aromatic N) is 2. The Bertz CT molecular complexity index is 1020. The van der Waals surface area contributed by atoms with Crippen LogP contribution in [0.1, 0.15) is 29.9 Å². The highest BCUT2D eigenvalue weighted by Crippen LogP contribution is 2.44. The molecule has 3 heterocycles. The molecular weight excluding hydrogens is 371 g/mol. The van der Waals surface area contributed by atoms with Gasteiger partial charge in [-0.25, -0.2) is 4.39 Å². The molecule has 5 nitrogen and oxygen atoms in total. The van der Waals surface area contributed by atoms with Gasteiger partial charge in [-0.2, -0.15) is 0 Å². The van der Waals surface area contributed by atoms with Crippen LogP contribution in [0.5, 0.6) is 0 Å². The average Bonchev–Trinajstić information content (AvgIpc) is 3.32. The first-order chi connectivity index (χ1) is 14.1. The minimum Gasteiger partial charge on any atom is -0.503 e. The van der Waals surface area contributed by atoms with Crippen LogP contribution < -0.4 is 0 Å². The van der Waals surface area contributed by atoms with Gasteiger partial charge in [0.1, 0.15) is 11.5 Å². The number of carbonyl (C=O) groups excluding carboxylic acids is 2. The van der Waals surface area contributed by atoms with Crippen molar-refractivity contribution in [1.29, 1.82) is 0 Å². The van der Waals surface area contributed by atoms with Crippen LogP contribution in [0.15, 0.2) is 66.1 Å². The molecule has 0 saturated carbocycles. The second-order valence-corrected chi connectivity index (χ2v) is 7.86. The molecule has 2 aromatic rings.